The monoisotopic (exact) mass is 351 g/mol. The summed E-state index contributed by atoms with van der Waals surface area (Å²) in [5.41, 5.74) is 1.89. The summed E-state index contributed by atoms with van der Waals surface area (Å²) in [5.74, 6) is 0.982. The summed E-state index contributed by atoms with van der Waals surface area (Å²) >= 11 is 0. The molecule has 3 aromatic rings. The number of anilines is 3. The van der Waals surface area contributed by atoms with Crippen LogP contribution in [0.4, 0.5) is 17.5 Å². The third kappa shape index (κ3) is 3.64. The van der Waals surface area contributed by atoms with Crippen molar-refractivity contribution in [2.75, 3.05) is 43.3 Å². The largest absolute Gasteiger partial charge is 0.361 e. The molecule has 1 N–H and O–H groups in total. The molecule has 1 aromatic carbocycles. The zero-order valence-corrected chi connectivity index (χ0v) is 15.2. The molecular weight excluding hydrogens is 330 g/mol. The van der Waals surface area contributed by atoms with E-state index >= 15 is 0 Å². The van der Waals surface area contributed by atoms with Crippen LogP contribution < -0.4 is 15.1 Å². The van der Waals surface area contributed by atoms with E-state index in [1.165, 1.54) is 0 Å². The maximum Gasteiger partial charge on any atom is 0.255 e. The van der Waals surface area contributed by atoms with E-state index in [2.05, 4.69) is 20.4 Å². The predicted octanol–water partition coefficient (Wildman–Crippen LogP) is 2.05. The number of hydrogen-bond donors (Lipinski definition) is 1. The highest BCUT2D eigenvalue weighted by Crippen LogP contribution is 2.24. The molecule has 0 bridgehead atoms. The van der Waals surface area contributed by atoms with Crippen molar-refractivity contribution in [1.29, 1.82) is 0 Å². The Morgan fingerprint density at radius 1 is 1.12 bits per heavy atom. The van der Waals surface area contributed by atoms with E-state index in [9.17, 15) is 4.79 Å². The lowest BCUT2D eigenvalue weighted by molar-refractivity contribution is 0.102. The van der Waals surface area contributed by atoms with Crippen molar-refractivity contribution < 1.29 is 4.79 Å². The minimum Gasteiger partial charge on any atom is -0.361 e. The summed E-state index contributed by atoms with van der Waals surface area (Å²) in [7, 11) is 7.48. The summed E-state index contributed by atoms with van der Waals surface area (Å²) in [6, 6.07) is 9.09. The van der Waals surface area contributed by atoms with E-state index in [0.29, 0.717) is 23.0 Å². The van der Waals surface area contributed by atoms with Crippen LogP contribution in [0.2, 0.25) is 0 Å². The highest BCUT2D eigenvalue weighted by Gasteiger charge is 2.14. The zero-order chi connectivity index (χ0) is 18.7. The minimum atomic E-state index is -0.233. The molecule has 0 saturated carbocycles. The Hall–Kier alpha value is -3.42. The Kier molecular flexibility index (Phi) is 4.83. The van der Waals surface area contributed by atoms with Crippen LogP contribution in [0.3, 0.4) is 0 Å². The lowest BCUT2D eigenvalue weighted by Crippen LogP contribution is -2.21. The van der Waals surface area contributed by atoms with Gasteiger partial charge in [0.1, 0.15) is 5.69 Å². The maximum absolute atomic E-state index is 12.7. The molecule has 0 atom stereocenters. The molecule has 0 aliphatic rings. The molecule has 2 heterocycles. The fourth-order valence-corrected chi connectivity index (χ4v) is 2.41. The second kappa shape index (κ2) is 7.22. The van der Waals surface area contributed by atoms with Gasteiger partial charge < -0.3 is 15.1 Å². The number of benzene rings is 1. The van der Waals surface area contributed by atoms with Crippen LogP contribution in [-0.2, 0) is 0 Å². The van der Waals surface area contributed by atoms with Gasteiger partial charge in [0.15, 0.2) is 5.82 Å². The Morgan fingerprint density at radius 3 is 2.58 bits per heavy atom. The molecule has 8 nitrogen and oxygen atoms in total. The van der Waals surface area contributed by atoms with Gasteiger partial charge in [-0.1, -0.05) is 6.07 Å². The highest BCUT2D eigenvalue weighted by molar-refractivity contribution is 6.05. The number of carbonyl (C=O) groups excluding carboxylic acids is 1. The van der Waals surface area contributed by atoms with Crippen molar-refractivity contribution >= 4 is 23.4 Å². The van der Waals surface area contributed by atoms with Crippen molar-refractivity contribution in [1.82, 2.24) is 19.7 Å². The second-order valence-electron chi connectivity index (χ2n) is 6.15. The first-order valence-corrected chi connectivity index (χ1v) is 8.09. The number of nitrogens with zero attached hydrogens (tertiary/aromatic N) is 6. The number of amides is 1. The number of hydrogen-bond acceptors (Lipinski definition) is 6. The molecule has 0 aliphatic heterocycles. The van der Waals surface area contributed by atoms with Crippen LogP contribution in [0, 0.1) is 0 Å². The van der Waals surface area contributed by atoms with Gasteiger partial charge in [-0.05, 0) is 24.3 Å². The first-order chi connectivity index (χ1) is 12.5. The van der Waals surface area contributed by atoms with Gasteiger partial charge in [0.2, 0.25) is 5.95 Å². The Bertz CT molecular complexity index is 904. The van der Waals surface area contributed by atoms with Gasteiger partial charge in [-0.3, -0.25) is 4.79 Å². The van der Waals surface area contributed by atoms with Gasteiger partial charge in [-0.15, -0.1) is 0 Å². The SMILES string of the molecule is CN(C)c1ncc(NC(=O)c2cccc(-n3cccn3)c2)c(N(C)C)n1. The molecular formula is C18H21N7O. The summed E-state index contributed by atoms with van der Waals surface area (Å²) in [6.07, 6.45) is 5.14. The van der Waals surface area contributed by atoms with E-state index in [1.807, 2.05) is 62.4 Å². The van der Waals surface area contributed by atoms with Crippen LogP contribution >= 0.6 is 0 Å². The van der Waals surface area contributed by atoms with Gasteiger partial charge in [0, 0.05) is 46.1 Å². The normalized spacial score (nSPS) is 10.5. The molecule has 2 aromatic heterocycles. The Morgan fingerprint density at radius 2 is 1.92 bits per heavy atom. The van der Waals surface area contributed by atoms with Gasteiger partial charge in [0.05, 0.1) is 11.9 Å². The molecule has 0 radical (unpaired) electrons. The van der Waals surface area contributed by atoms with E-state index in [-0.39, 0.29) is 5.91 Å². The topological polar surface area (TPSA) is 79.2 Å². The van der Waals surface area contributed by atoms with Gasteiger partial charge >= 0.3 is 0 Å². The van der Waals surface area contributed by atoms with Crippen LogP contribution in [0.5, 0.6) is 0 Å². The standard InChI is InChI=1S/C18H21N7O/c1-23(2)16-15(12-19-18(22-16)24(3)4)21-17(26)13-7-5-8-14(11-13)25-10-6-9-20-25/h5-12H,1-4H3,(H,21,26). The summed E-state index contributed by atoms with van der Waals surface area (Å²) in [4.78, 5) is 25.1. The third-order valence-corrected chi connectivity index (χ3v) is 3.71. The van der Waals surface area contributed by atoms with E-state index in [4.69, 9.17) is 0 Å². The summed E-state index contributed by atoms with van der Waals surface area (Å²) in [6.45, 7) is 0. The number of aromatic nitrogens is 4. The average Bonchev–Trinajstić information content (AvgIpc) is 3.16. The van der Waals surface area contributed by atoms with Crippen molar-refractivity contribution in [2.45, 2.75) is 0 Å². The average molecular weight is 351 g/mol. The minimum absolute atomic E-state index is 0.233. The highest BCUT2D eigenvalue weighted by atomic mass is 16.1. The molecule has 8 heteroatoms. The molecule has 0 aliphatic carbocycles. The molecule has 1 amide bonds. The fraction of sp³-hybridized carbons (Fsp3) is 0.222. The van der Waals surface area contributed by atoms with Gasteiger partial charge in [-0.25, -0.2) is 9.67 Å². The van der Waals surface area contributed by atoms with Crippen molar-refractivity contribution in [2.24, 2.45) is 0 Å². The number of rotatable bonds is 5. The predicted molar refractivity (Wildman–Crippen MR) is 102 cm³/mol. The van der Waals surface area contributed by atoms with Crippen molar-refractivity contribution in [3.05, 3.63) is 54.5 Å². The maximum atomic E-state index is 12.7. The fourth-order valence-electron chi connectivity index (χ4n) is 2.41. The van der Waals surface area contributed by atoms with Crippen LogP contribution in [0.1, 0.15) is 10.4 Å². The first-order valence-electron chi connectivity index (χ1n) is 8.09. The van der Waals surface area contributed by atoms with E-state index in [1.54, 1.807) is 29.2 Å². The summed E-state index contributed by atoms with van der Waals surface area (Å²) < 4.78 is 1.71. The van der Waals surface area contributed by atoms with Crippen LogP contribution in [0.15, 0.2) is 48.9 Å². The Balaban J connectivity index is 1.87. The van der Waals surface area contributed by atoms with Crippen molar-refractivity contribution in [3.8, 4) is 5.69 Å². The zero-order valence-electron chi connectivity index (χ0n) is 15.2. The Labute approximate surface area is 152 Å². The quantitative estimate of drug-likeness (QED) is 0.758. The van der Waals surface area contributed by atoms with Gasteiger partial charge in [0.25, 0.3) is 5.91 Å². The number of nitrogens with one attached hydrogen (secondary N) is 1. The lowest BCUT2D eigenvalue weighted by atomic mass is 10.2. The molecule has 0 saturated heterocycles. The molecule has 26 heavy (non-hydrogen) atoms. The van der Waals surface area contributed by atoms with Crippen LogP contribution in [0.25, 0.3) is 5.69 Å². The molecule has 134 valence electrons. The first kappa shape index (κ1) is 17.4. The van der Waals surface area contributed by atoms with Gasteiger partial charge in [-0.2, -0.15) is 10.1 Å². The lowest BCUT2D eigenvalue weighted by Gasteiger charge is -2.19. The third-order valence-electron chi connectivity index (χ3n) is 3.71. The van der Waals surface area contributed by atoms with Crippen LogP contribution in [-0.4, -0.2) is 53.8 Å². The summed E-state index contributed by atoms with van der Waals surface area (Å²) in [5, 5.41) is 7.08. The van der Waals surface area contributed by atoms with E-state index < -0.39 is 0 Å². The molecule has 0 unspecified atom stereocenters. The van der Waals surface area contributed by atoms with Crippen molar-refractivity contribution in [3.63, 3.8) is 0 Å². The second-order valence-corrected chi connectivity index (χ2v) is 6.15. The number of carbonyl (C=O) groups is 1. The smallest absolute Gasteiger partial charge is 0.255 e. The molecule has 0 fully saturated rings. The molecule has 0 spiro atoms. The van der Waals surface area contributed by atoms with E-state index in [0.717, 1.165) is 5.69 Å². The molecule has 3 rings (SSSR count).